The van der Waals surface area contributed by atoms with E-state index in [0.717, 1.165) is 5.69 Å². The Hall–Kier alpha value is -2.48. The first-order valence-electron chi connectivity index (χ1n) is 7.22. The van der Waals surface area contributed by atoms with Gasteiger partial charge in [-0.2, -0.15) is 4.68 Å². The van der Waals surface area contributed by atoms with Crippen LogP contribution in [0.1, 0.15) is 6.92 Å². The number of benzene rings is 1. The lowest BCUT2D eigenvalue weighted by atomic mass is 10.2. The predicted molar refractivity (Wildman–Crippen MR) is 80.0 cm³/mol. The van der Waals surface area contributed by atoms with E-state index >= 15 is 0 Å². The molecule has 1 saturated heterocycles. The number of carboxylic acids is 1. The normalized spacial score (nSPS) is 17.4. The van der Waals surface area contributed by atoms with Crippen LogP contribution in [0.15, 0.2) is 30.3 Å². The van der Waals surface area contributed by atoms with Gasteiger partial charge in [-0.3, -0.25) is 9.69 Å². The summed E-state index contributed by atoms with van der Waals surface area (Å²) in [6.07, 6.45) is 0. The number of para-hydroxylation sites is 1. The third-order valence-electron chi connectivity index (χ3n) is 3.96. The molecule has 1 fully saturated rings. The Bertz CT molecular complexity index is 636. The number of hydrogen-bond acceptors (Lipinski definition) is 6. The number of rotatable bonds is 4. The molecule has 0 spiro atoms. The van der Waals surface area contributed by atoms with Crippen LogP contribution in [0.5, 0.6) is 0 Å². The average Bonchev–Trinajstić information content (AvgIpc) is 3.04. The number of nitrogens with zero attached hydrogens (tertiary/aromatic N) is 6. The zero-order valence-electron chi connectivity index (χ0n) is 12.3. The molecule has 22 heavy (non-hydrogen) atoms. The molecule has 0 bridgehead atoms. The van der Waals surface area contributed by atoms with Crippen LogP contribution < -0.4 is 4.90 Å². The van der Waals surface area contributed by atoms with Crippen molar-refractivity contribution < 1.29 is 9.90 Å². The molecule has 0 radical (unpaired) electrons. The highest BCUT2D eigenvalue weighted by Crippen LogP contribution is 2.17. The fourth-order valence-corrected chi connectivity index (χ4v) is 2.58. The predicted octanol–water partition coefficient (Wildman–Crippen LogP) is 0.257. The van der Waals surface area contributed by atoms with Gasteiger partial charge in [0.1, 0.15) is 6.04 Å². The lowest BCUT2D eigenvalue weighted by molar-refractivity contribution is -0.142. The summed E-state index contributed by atoms with van der Waals surface area (Å²) in [4.78, 5) is 15.1. The van der Waals surface area contributed by atoms with Crippen molar-refractivity contribution in [1.29, 1.82) is 0 Å². The first-order valence-corrected chi connectivity index (χ1v) is 7.22. The number of anilines is 1. The smallest absolute Gasteiger partial charge is 0.320 e. The molecule has 2 heterocycles. The highest BCUT2D eigenvalue weighted by atomic mass is 16.4. The van der Waals surface area contributed by atoms with E-state index in [-0.39, 0.29) is 0 Å². The highest BCUT2D eigenvalue weighted by molar-refractivity contribution is 5.72. The van der Waals surface area contributed by atoms with E-state index in [4.69, 9.17) is 5.11 Å². The van der Waals surface area contributed by atoms with Gasteiger partial charge in [-0.05, 0) is 29.5 Å². The van der Waals surface area contributed by atoms with Gasteiger partial charge in [-0.25, -0.2) is 0 Å². The Balaban J connectivity index is 1.73. The number of carboxylic acid groups (broad SMARTS) is 1. The summed E-state index contributed by atoms with van der Waals surface area (Å²) < 4.78 is 1.70. The number of piperazine rings is 1. The Morgan fingerprint density at radius 1 is 1.18 bits per heavy atom. The van der Waals surface area contributed by atoms with E-state index in [0.29, 0.717) is 32.1 Å². The summed E-state index contributed by atoms with van der Waals surface area (Å²) in [7, 11) is 0. The Morgan fingerprint density at radius 2 is 1.86 bits per heavy atom. The summed E-state index contributed by atoms with van der Waals surface area (Å²) in [5, 5.41) is 21.0. The SMILES string of the molecule is CC(C(=O)O)N1CCN(c2nnnn2-c2ccccc2)CC1. The molecule has 1 aliphatic rings. The topological polar surface area (TPSA) is 87.4 Å². The maximum atomic E-state index is 11.1. The summed E-state index contributed by atoms with van der Waals surface area (Å²) in [6.45, 7) is 4.46. The Kier molecular flexibility index (Phi) is 4.01. The van der Waals surface area contributed by atoms with Crippen molar-refractivity contribution in [2.45, 2.75) is 13.0 Å². The van der Waals surface area contributed by atoms with Gasteiger partial charge in [0.05, 0.1) is 5.69 Å². The van der Waals surface area contributed by atoms with Crippen molar-refractivity contribution in [1.82, 2.24) is 25.1 Å². The fourth-order valence-electron chi connectivity index (χ4n) is 2.58. The van der Waals surface area contributed by atoms with Crippen LogP contribution >= 0.6 is 0 Å². The maximum absolute atomic E-state index is 11.1. The standard InChI is InChI=1S/C14H18N6O2/c1-11(13(21)22)18-7-9-19(10-8-18)14-15-16-17-20(14)12-5-3-2-4-6-12/h2-6,11H,7-10H2,1H3,(H,21,22). The molecule has 0 aliphatic carbocycles. The van der Waals surface area contributed by atoms with Crippen molar-refractivity contribution in [2.75, 3.05) is 31.1 Å². The number of tetrazole rings is 1. The molecule has 1 aromatic heterocycles. The van der Waals surface area contributed by atoms with Crippen LogP contribution in [-0.4, -0.2) is 68.4 Å². The van der Waals surface area contributed by atoms with E-state index in [9.17, 15) is 4.79 Å². The minimum absolute atomic E-state index is 0.465. The van der Waals surface area contributed by atoms with Crippen LogP contribution in [-0.2, 0) is 4.79 Å². The van der Waals surface area contributed by atoms with Gasteiger partial charge in [0.2, 0.25) is 5.95 Å². The van der Waals surface area contributed by atoms with Crippen LogP contribution in [0, 0.1) is 0 Å². The van der Waals surface area contributed by atoms with E-state index in [1.54, 1.807) is 11.6 Å². The third kappa shape index (κ3) is 2.77. The zero-order valence-corrected chi connectivity index (χ0v) is 12.3. The molecule has 116 valence electrons. The minimum atomic E-state index is -0.789. The second-order valence-corrected chi connectivity index (χ2v) is 5.26. The van der Waals surface area contributed by atoms with Gasteiger partial charge in [-0.15, -0.1) is 0 Å². The van der Waals surface area contributed by atoms with Gasteiger partial charge >= 0.3 is 5.97 Å². The molecule has 8 heteroatoms. The molecule has 3 rings (SSSR count). The molecule has 1 aliphatic heterocycles. The van der Waals surface area contributed by atoms with E-state index in [1.807, 2.05) is 35.2 Å². The highest BCUT2D eigenvalue weighted by Gasteiger charge is 2.27. The lowest BCUT2D eigenvalue weighted by Crippen LogP contribution is -2.52. The second kappa shape index (κ2) is 6.10. The number of hydrogen-bond donors (Lipinski definition) is 1. The number of aromatic nitrogens is 4. The fraction of sp³-hybridized carbons (Fsp3) is 0.429. The largest absolute Gasteiger partial charge is 0.480 e. The van der Waals surface area contributed by atoms with Gasteiger partial charge in [-0.1, -0.05) is 23.3 Å². The molecular weight excluding hydrogens is 284 g/mol. The average molecular weight is 302 g/mol. The van der Waals surface area contributed by atoms with E-state index in [1.165, 1.54) is 0 Å². The van der Waals surface area contributed by atoms with E-state index < -0.39 is 12.0 Å². The summed E-state index contributed by atoms with van der Waals surface area (Å²) >= 11 is 0. The Labute approximate surface area is 127 Å². The maximum Gasteiger partial charge on any atom is 0.320 e. The van der Waals surface area contributed by atoms with Crippen molar-refractivity contribution in [3.05, 3.63) is 30.3 Å². The summed E-state index contributed by atoms with van der Waals surface area (Å²) in [6, 6.07) is 9.25. The van der Waals surface area contributed by atoms with Gasteiger partial charge in [0.25, 0.3) is 0 Å². The van der Waals surface area contributed by atoms with Crippen molar-refractivity contribution >= 4 is 11.9 Å². The van der Waals surface area contributed by atoms with Crippen LogP contribution in [0.25, 0.3) is 5.69 Å². The van der Waals surface area contributed by atoms with E-state index in [2.05, 4.69) is 20.4 Å². The quantitative estimate of drug-likeness (QED) is 0.866. The van der Waals surface area contributed by atoms with Crippen molar-refractivity contribution in [3.63, 3.8) is 0 Å². The monoisotopic (exact) mass is 302 g/mol. The molecule has 0 amide bonds. The minimum Gasteiger partial charge on any atom is -0.480 e. The van der Waals surface area contributed by atoms with Crippen molar-refractivity contribution in [2.24, 2.45) is 0 Å². The van der Waals surface area contributed by atoms with Crippen LogP contribution in [0.3, 0.4) is 0 Å². The zero-order chi connectivity index (χ0) is 15.5. The molecule has 1 aromatic carbocycles. The second-order valence-electron chi connectivity index (χ2n) is 5.26. The lowest BCUT2D eigenvalue weighted by Gasteiger charge is -2.36. The molecule has 8 nitrogen and oxygen atoms in total. The molecule has 1 unspecified atom stereocenters. The molecule has 1 N–H and O–H groups in total. The molecular formula is C14H18N6O2. The molecule has 1 atom stereocenters. The molecule has 0 saturated carbocycles. The van der Waals surface area contributed by atoms with Gasteiger partial charge in [0.15, 0.2) is 0 Å². The van der Waals surface area contributed by atoms with Crippen molar-refractivity contribution in [3.8, 4) is 5.69 Å². The van der Waals surface area contributed by atoms with Crippen LogP contribution in [0.4, 0.5) is 5.95 Å². The first-order chi connectivity index (χ1) is 10.7. The molecule has 2 aromatic rings. The number of aliphatic carboxylic acids is 1. The third-order valence-corrected chi connectivity index (χ3v) is 3.96. The van der Waals surface area contributed by atoms with Gasteiger partial charge < -0.3 is 10.0 Å². The summed E-state index contributed by atoms with van der Waals surface area (Å²) in [5.74, 6) is -0.101. The van der Waals surface area contributed by atoms with Gasteiger partial charge in [0, 0.05) is 26.2 Å². The van der Waals surface area contributed by atoms with Crippen LogP contribution in [0.2, 0.25) is 0 Å². The Morgan fingerprint density at radius 3 is 2.50 bits per heavy atom. The number of carbonyl (C=O) groups is 1. The first kappa shape index (κ1) is 14.5. The summed E-state index contributed by atoms with van der Waals surface area (Å²) in [5.41, 5.74) is 0.906.